The summed E-state index contributed by atoms with van der Waals surface area (Å²) in [6, 6.07) is 7.58. The van der Waals surface area contributed by atoms with Crippen molar-refractivity contribution in [3.05, 3.63) is 45.5 Å². The Morgan fingerprint density at radius 1 is 1.26 bits per heavy atom. The highest BCUT2D eigenvalue weighted by Crippen LogP contribution is 2.26. The van der Waals surface area contributed by atoms with Crippen LogP contribution in [0, 0.1) is 0 Å². The number of thiazole rings is 1. The van der Waals surface area contributed by atoms with Gasteiger partial charge >= 0.3 is 0 Å². The smallest absolute Gasteiger partial charge is 0.226 e. The Kier molecular flexibility index (Phi) is 3.83. The molecule has 0 unspecified atom stereocenters. The van der Waals surface area contributed by atoms with Crippen LogP contribution in [0.2, 0.25) is 0 Å². The van der Waals surface area contributed by atoms with Gasteiger partial charge in [0.15, 0.2) is 5.58 Å². The Balaban J connectivity index is 1.39. The number of aryl methyl sites for hydroxylation is 2. The maximum atomic E-state index is 12.2. The average Bonchev–Trinajstić information content (AvgIpc) is 3.17. The molecule has 5 nitrogen and oxygen atoms in total. The van der Waals surface area contributed by atoms with Crippen molar-refractivity contribution in [2.45, 2.75) is 38.6 Å². The van der Waals surface area contributed by atoms with Gasteiger partial charge in [-0.3, -0.25) is 4.79 Å². The number of aromatic nitrogens is 2. The summed E-state index contributed by atoms with van der Waals surface area (Å²) in [7, 11) is 0. The quantitative estimate of drug-likeness (QED) is 0.800. The molecule has 0 radical (unpaired) electrons. The van der Waals surface area contributed by atoms with E-state index in [1.165, 1.54) is 23.4 Å². The van der Waals surface area contributed by atoms with Gasteiger partial charge < -0.3 is 9.84 Å². The molecule has 6 heteroatoms. The number of hydrogen-bond donors (Lipinski definition) is 1. The van der Waals surface area contributed by atoms with Gasteiger partial charge in [-0.05, 0) is 37.8 Å². The largest absolute Gasteiger partial charge is 0.356 e. The number of carbonyl (C=O) groups is 1. The first-order valence-electron chi connectivity index (χ1n) is 7.87. The molecule has 2 heterocycles. The van der Waals surface area contributed by atoms with E-state index in [-0.39, 0.29) is 12.3 Å². The van der Waals surface area contributed by atoms with Crippen LogP contribution in [0.4, 0.5) is 0 Å². The lowest BCUT2D eigenvalue weighted by molar-refractivity contribution is -0.120. The lowest BCUT2D eigenvalue weighted by Crippen LogP contribution is -2.24. The number of rotatable bonds is 4. The zero-order valence-electron chi connectivity index (χ0n) is 12.7. The molecule has 4 rings (SSSR count). The zero-order chi connectivity index (χ0) is 15.6. The van der Waals surface area contributed by atoms with Crippen LogP contribution in [-0.4, -0.2) is 16.0 Å². The van der Waals surface area contributed by atoms with Crippen molar-refractivity contribution in [2.75, 3.05) is 0 Å². The summed E-state index contributed by atoms with van der Waals surface area (Å²) in [6.45, 7) is 0.492. The molecule has 0 aliphatic heterocycles. The van der Waals surface area contributed by atoms with E-state index in [1.807, 2.05) is 24.3 Å². The highest BCUT2D eigenvalue weighted by Gasteiger charge is 2.16. The Labute approximate surface area is 137 Å². The van der Waals surface area contributed by atoms with E-state index in [2.05, 4.69) is 15.5 Å². The van der Waals surface area contributed by atoms with E-state index in [4.69, 9.17) is 4.52 Å². The maximum Gasteiger partial charge on any atom is 0.226 e. The highest BCUT2D eigenvalue weighted by atomic mass is 32.1. The summed E-state index contributed by atoms with van der Waals surface area (Å²) < 4.78 is 5.23. The van der Waals surface area contributed by atoms with Crippen LogP contribution in [-0.2, 0) is 30.6 Å². The van der Waals surface area contributed by atoms with Crippen molar-refractivity contribution in [3.8, 4) is 0 Å². The normalized spacial score (nSPS) is 13.9. The minimum atomic E-state index is -0.0581. The first kappa shape index (κ1) is 14.4. The first-order chi connectivity index (χ1) is 11.3. The van der Waals surface area contributed by atoms with Crippen molar-refractivity contribution in [1.82, 2.24) is 15.5 Å². The number of hydrogen-bond acceptors (Lipinski definition) is 5. The van der Waals surface area contributed by atoms with Crippen LogP contribution >= 0.6 is 11.3 Å². The Morgan fingerprint density at radius 3 is 3.04 bits per heavy atom. The fourth-order valence-electron chi connectivity index (χ4n) is 2.94. The SMILES string of the molecule is O=C(Cc1noc2ccccc12)NCc1nc2c(s1)CCCC2. The topological polar surface area (TPSA) is 68.0 Å². The third-order valence-electron chi connectivity index (χ3n) is 4.11. The summed E-state index contributed by atoms with van der Waals surface area (Å²) in [5.41, 5.74) is 2.62. The third-order valence-corrected chi connectivity index (χ3v) is 5.26. The number of benzene rings is 1. The Hall–Kier alpha value is -2.21. The average molecular weight is 327 g/mol. The van der Waals surface area contributed by atoms with Gasteiger partial charge in [-0.2, -0.15) is 0 Å². The predicted octanol–water partition coefficient (Wildman–Crippen LogP) is 3.02. The monoisotopic (exact) mass is 327 g/mol. The second-order valence-corrected chi connectivity index (χ2v) is 6.93. The van der Waals surface area contributed by atoms with E-state index in [0.717, 1.165) is 23.2 Å². The minimum Gasteiger partial charge on any atom is -0.356 e. The molecule has 23 heavy (non-hydrogen) atoms. The molecule has 0 fully saturated rings. The molecule has 0 saturated carbocycles. The summed E-state index contributed by atoms with van der Waals surface area (Å²) in [5, 5.41) is 8.82. The molecule has 1 aliphatic carbocycles. The van der Waals surface area contributed by atoms with Gasteiger partial charge in [0, 0.05) is 10.3 Å². The number of carbonyl (C=O) groups excluding carboxylic acids is 1. The Morgan fingerprint density at radius 2 is 2.13 bits per heavy atom. The minimum absolute atomic E-state index is 0.0581. The standard InChI is InChI=1S/C17H17N3O2S/c21-16(9-13-11-5-1-3-7-14(11)22-20-13)18-10-17-19-12-6-2-4-8-15(12)23-17/h1,3,5,7H,2,4,6,8-10H2,(H,18,21). The molecule has 0 atom stereocenters. The molecule has 1 aliphatic rings. The molecular formula is C17H17N3O2S. The number of para-hydroxylation sites is 1. The molecule has 118 valence electrons. The number of fused-ring (bicyclic) bond motifs is 2. The van der Waals surface area contributed by atoms with Crippen molar-refractivity contribution in [3.63, 3.8) is 0 Å². The van der Waals surface area contributed by atoms with E-state index in [0.29, 0.717) is 17.8 Å². The molecule has 0 spiro atoms. The Bertz CT molecular complexity index is 829. The van der Waals surface area contributed by atoms with Gasteiger partial charge in [0.1, 0.15) is 10.7 Å². The first-order valence-corrected chi connectivity index (χ1v) is 8.69. The van der Waals surface area contributed by atoms with Crippen molar-refractivity contribution in [1.29, 1.82) is 0 Å². The molecule has 1 aromatic carbocycles. The second kappa shape index (κ2) is 6.12. The predicted molar refractivity (Wildman–Crippen MR) is 88.3 cm³/mol. The number of nitrogens with zero attached hydrogens (tertiary/aromatic N) is 2. The maximum absolute atomic E-state index is 12.2. The van der Waals surface area contributed by atoms with E-state index in [9.17, 15) is 4.79 Å². The third kappa shape index (κ3) is 2.99. The van der Waals surface area contributed by atoms with Crippen LogP contribution in [0.25, 0.3) is 11.0 Å². The molecular weight excluding hydrogens is 310 g/mol. The van der Waals surface area contributed by atoms with E-state index < -0.39 is 0 Å². The van der Waals surface area contributed by atoms with Gasteiger partial charge in [0.25, 0.3) is 0 Å². The van der Waals surface area contributed by atoms with Gasteiger partial charge in [0.05, 0.1) is 18.7 Å². The summed E-state index contributed by atoms with van der Waals surface area (Å²) >= 11 is 1.73. The zero-order valence-corrected chi connectivity index (χ0v) is 13.5. The number of amides is 1. The van der Waals surface area contributed by atoms with Gasteiger partial charge in [-0.25, -0.2) is 4.98 Å². The van der Waals surface area contributed by atoms with Crippen LogP contribution in [0.1, 0.15) is 34.1 Å². The fourth-order valence-corrected chi connectivity index (χ4v) is 4.03. The molecule has 0 saturated heterocycles. The second-order valence-electron chi connectivity index (χ2n) is 5.76. The summed E-state index contributed by atoms with van der Waals surface area (Å²) in [6.07, 6.45) is 4.90. The molecule has 1 N–H and O–H groups in total. The lowest BCUT2D eigenvalue weighted by atomic mass is 10.0. The lowest BCUT2D eigenvalue weighted by Gasteiger charge is -2.06. The van der Waals surface area contributed by atoms with Crippen LogP contribution in [0.5, 0.6) is 0 Å². The van der Waals surface area contributed by atoms with Crippen molar-refractivity contribution >= 4 is 28.2 Å². The van der Waals surface area contributed by atoms with Gasteiger partial charge in [0.2, 0.25) is 5.91 Å². The number of nitrogens with one attached hydrogen (secondary N) is 1. The molecule has 0 bridgehead atoms. The summed E-state index contributed by atoms with van der Waals surface area (Å²) in [4.78, 5) is 18.2. The van der Waals surface area contributed by atoms with Crippen molar-refractivity contribution < 1.29 is 9.32 Å². The van der Waals surface area contributed by atoms with Crippen LogP contribution in [0.3, 0.4) is 0 Å². The van der Waals surface area contributed by atoms with Crippen LogP contribution < -0.4 is 5.32 Å². The van der Waals surface area contributed by atoms with Crippen LogP contribution in [0.15, 0.2) is 28.8 Å². The molecule has 1 amide bonds. The molecule has 2 aromatic heterocycles. The van der Waals surface area contributed by atoms with E-state index in [1.54, 1.807) is 11.3 Å². The van der Waals surface area contributed by atoms with Crippen molar-refractivity contribution in [2.24, 2.45) is 0 Å². The highest BCUT2D eigenvalue weighted by molar-refractivity contribution is 7.11. The fraction of sp³-hybridized carbons (Fsp3) is 0.353. The van der Waals surface area contributed by atoms with Gasteiger partial charge in [-0.1, -0.05) is 17.3 Å². The van der Waals surface area contributed by atoms with Gasteiger partial charge in [-0.15, -0.1) is 11.3 Å². The summed E-state index contributed by atoms with van der Waals surface area (Å²) in [5.74, 6) is -0.0581. The molecule has 3 aromatic rings. The van der Waals surface area contributed by atoms with E-state index >= 15 is 0 Å².